The first-order valence-electron chi connectivity index (χ1n) is 11.3. The number of benzene rings is 2. The molecule has 1 unspecified atom stereocenters. The van der Waals surface area contributed by atoms with Crippen LogP contribution in [0.5, 0.6) is 11.5 Å². The molecule has 1 aliphatic heterocycles. The topological polar surface area (TPSA) is 58.6 Å². The highest BCUT2D eigenvalue weighted by Gasteiger charge is 2.37. The summed E-state index contributed by atoms with van der Waals surface area (Å²) in [6, 6.07) is 9.63. The highest BCUT2D eigenvalue weighted by molar-refractivity contribution is 5.89. The zero-order chi connectivity index (χ0) is 22.5. The lowest BCUT2D eigenvalue weighted by Crippen LogP contribution is -2.47. The maximum atomic E-state index is 14.5. The number of nitrogens with zero attached hydrogens (tertiary/aromatic N) is 1. The monoisotopic (exact) mass is 442 g/mol. The van der Waals surface area contributed by atoms with Gasteiger partial charge in [0.1, 0.15) is 6.04 Å². The lowest BCUT2D eigenvalue weighted by Gasteiger charge is -2.30. The number of para-hydroxylation sites is 1. The van der Waals surface area contributed by atoms with Gasteiger partial charge < -0.3 is 15.0 Å². The van der Waals surface area contributed by atoms with Crippen molar-refractivity contribution in [3.8, 4) is 11.5 Å². The van der Waals surface area contributed by atoms with Crippen LogP contribution in [0.4, 0.5) is 8.78 Å². The van der Waals surface area contributed by atoms with Gasteiger partial charge in [-0.3, -0.25) is 9.59 Å². The number of likely N-dealkylation sites (tertiary alicyclic amines) is 1. The van der Waals surface area contributed by atoms with Crippen molar-refractivity contribution in [1.82, 2.24) is 10.2 Å². The lowest BCUT2D eigenvalue weighted by atomic mass is 9.88. The number of carbonyl (C=O) groups excluding carboxylic acids is 2. The minimum absolute atomic E-state index is 0.0354. The zero-order valence-electron chi connectivity index (χ0n) is 18.0. The fourth-order valence-electron chi connectivity index (χ4n) is 4.58. The molecule has 170 valence electrons. The predicted octanol–water partition coefficient (Wildman–Crippen LogP) is 4.94. The quantitative estimate of drug-likeness (QED) is 0.689. The smallest absolute Gasteiger partial charge is 0.243 e. The molecule has 0 spiro atoms. The molecule has 5 nitrogen and oxygen atoms in total. The summed E-state index contributed by atoms with van der Waals surface area (Å²) in [7, 11) is 0. The zero-order valence-corrected chi connectivity index (χ0v) is 18.0. The van der Waals surface area contributed by atoms with E-state index in [0.29, 0.717) is 18.5 Å². The lowest BCUT2D eigenvalue weighted by molar-refractivity contribution is -0.142. The summed E-state index contributed by atoms with van der Waals surface area (Å²) in [5, 5.41) is 2.83. The Morgan fingerprint density at radius 1 is 0.938 bits per heavy atom. The third kappa shape index (κ3) is 5.09. The summed E-state index contributed by atoms with van der Waals surface area (Å²) in [5.74, 6) is -1.45. The Labute approximate surface area is 186 Å². The van der Waals surface area contributed by atoms with Gasteiger partial charge in [0, 0.05) is 19.0 Å². The summed E-state index contributed by atoms with van der Waals surface area (Å²) in [4.78, 5) is 27.4. The molecule has 32 heavy (non-hydrogen) atoms. The van der Waals surface area contributed by atoms with E-state index in [9.17, 15) is 18.4 Å². The predicted molar refractivity (Wildman–Crippen MR) is 116 cm³/mol. The molecular weight excluding hydrogens is 414 g/mol. The van der Waals surface area contributed by atoms with Gasteiger partial charge in [0.15, 0.2) is 23.1 Å². The van der Waals surface area contributed by atoms with E-state index in [-0.39, 0.29) is 35.8 Å². The second-order valence-electron chi connectivity index (χ2n) is 8.54. The molecule has 1 saturated carbocycles. The van der Waals surface area contributed by atoms with Gasteiger partial charge in [-0.15, -0.1) is 0 Å². The molecule has 1 saturated heterocycles. The maximum Gasteiger partial charge on any atom is 0.243 e. The minimum Gasteiger partial charge on any atom is -0.451 e. The van der Waals surface area contributed by atoms with E-state index in [1.54, 1.807) is 17.0 Å². The molecule has 1 N–H and O–H groups in total. The Balaban J connectivity index is 1.34. The van der Waals surface area contributed by atoms with Crippen molar-refractivity contribution in [2.75, 3.05) is 6.54 Å². The van der Waals surface area contributed by atoms with Crippen LogP contribution in [0.15, 0.2) is 42.5 Å². The van der Waals surface area contributed by atoms with E-state index < -0.39 is 17.7 Å². The van der Waals surface area contributed by atoms with Gasteiger partial charge in [-0.25, -0.2) is 8.78 Å². The van der Waals surface area contributed by atoms with Crippen LogP contribution in [0.25, 0.3) is 0 Å². The molecule has 0 aromatic heterocycles. The molecule has 2 aromatic carbocycles. The van der Waals surface area contributed by atoms with Crippen LogP contribution >= 0.6 is 0 Å². The molecule has 1 heterocycles. The van der Waals surface area contributed by atoms with E-state index in [2.05, 4.69) is 5.32 Å². The molecule has 2 aromatic rings. The highest BCUT2D eigenvalue weighted by Crippen LogP contribution is 2.29. The van der Waals surface area contributed by atoms with Crippen LogP contribution in [0.3, 0.4) is 0 Å². The normalized spacial score (nSPS) is 19.1. The summed E-state index contributed by atoms with van der Waals surface area (Å²) in [6.45, 7) is 0.752. The van der Waals surface area contributed by atoms with Gasteiger partial charge in [0.25, 0.3) is 0 Å². The van der Waals surface area contributed by atoms with Gasteiger partial charge in [0.05, 0.1) is 0 Å². The Bertz CT molecular complexity index is 975. The van der Waals surface area contributed by atoms with Crippen molar-refractivity contribution >= 4 is 11.8 Å². The molecule has 7 heteroatoms. The molecule has 4 rings (SSSR count). The van der Waals surface area contributed by atoms with Crippen molar-refractivity contribution in [3.63, 3.8) is 0 Å². The van der Waals surface area contributed by atoms with Crippen molar-refractivity contribution in [3.05, 3.63) is 59.7 Å². The fourth-order valence-corrected chi connectivity index (χ4v) is 4.58. The number of nitrogens with one attached hydrogen (secondary N) is 1. The molecule has 2 fully saturated rings. The van der Waals surface area contributed by atoms with Crippen molar-refractivity contribution in [1.29, 1.82) is 0 Å². The minimum atomic E-state index is -0.644. The third-order valence-corrected chi connectivity index (χ3v) is 6.31. The first kappa shape index (κ1) is 22.2. The number of carbonyl (C=O) groups is 2. The van der Waals surface area contributed by atoms with Crippen LogP contribution < -0.4 is 10.1 Å². The van der Waals surface area contributed by atoms with E-state index in [1.807, 2.05) is 0 Å². The standard InChI is InChI=1S/C25H28F2N2O3/c26-19-9-4-5-11-22(19)32-23-13-12-17(15-20(23)27)16-28-24(30)21-10-6-14-29(21)25(31)18-7-2-1-3-8-18/h4-5,9,11-13,15,18,21H,1-3,6-8,10,14,16H2,(H,28,30). The molecular formula is C25H28F2N2O3. The van der Waals surface area contributed by atoms with E-state index in [1.165, 1.54) is 36.8 Å². The number of amides is 2. The van der Waals surface area contributed by atoms with Crippen molar-refractivity contribution in [2.45, 2.75) is 57.5 Å². The van der Waals surface area contributed by atoms with E-state index in [0.717, 1.165) is 32.1 Å². The van der Waals surface area contributed by atoms with Gasteiger partial charge >= 0.3 is 0 Å². The molecule has 1 atom stereocenters. The highest BCUT2D eigenvalue weighted by atomic mass is 19.1. The summed E-state index contributed by atoms with van der Waals surface area (Å²) >= 11 is 0. The summed E-state index contributed by atoms with van der Waals surface area (Å²) < 4.78 is 33.5. The first-order chi connectivity index (χ1) is 15.5. The largest absolute Gasteiger partial charge is 0.451 e. The maximum absolute atomic E-state index is 14.5. The Morgan fingerprint density at radius 2 is 1.69 bits per heavy atom. The van der Waals surface area contributed by atoms with Gasteiger partial charge in [-0.2, -0.15) is 0 Å². The van der Waals surface area contributed by atoms with Crippen LogP contribution in [0.2, 0.25) is 0 Å². The summed E-state index contributed by atoms with van der Waals surface area (Å²) in [5.41, 5.74) is 0.555. The van der Waals surface area contributed by atoms with Gasteiger partial charge in [-0.05, 0) is 55.5 Å². The SMILES string of the molecule is O=C(NCc1ccc(Oc2ccccc2F)c(F)c1)C1CCCN1C(=O)C1CCCCC1. The van der Waals surface area contributed by atoms with Crippen LogP contribution in [-0.2, 0) is 16.1 Å². The summed E-state index contributed by atoms with van der Waals surface area (Å²) in [6.07, 6.45) is 6.59. The second kappa shape index (κ2) is 10.1. The molecule has 0 bridgehead atoms. The average Bonchev–Trinajstić information content (AvgIpc) is 3.30. The molecule has 0 radical (unpaired) electrons. The van der Waals surface area contributed by atoms with E-state index >= 15 is 0 Å². The molecule has 1 aliphatic carbocycles. The first-order valence-corrected chi connectivity index (χ1v) is 11.3. The number of hydrogen-bond acceptors (Lipinski definition) is 3. The number of ether oxygens (including phenoxy) is 1. The molecule has 2 aliphatic rings. The van der Waals surface area contributed by atoms with Gasteiger partial charge in [-0.1, -0.05) is 37.5 Å². The molecule has 2 amide bonds. The Hall–Kier alpha value is -2.96. The average molecular weight is 443 g/mol. The number of hydrogen-bond donors (Lipinski definition) is 1. The van der Waals surface area contributed by atoms with Crippen molar-refractivity contribution in [2.24, 2.45) is 5.92 Å². The van der Waals surface area contributed by atoms with E-state index in [4.69, 9.17) is 4.74 Å². The Morgan fingerprint density at radius 3 is 2.44 bits per heavy atom. The number of halogens is 2. The third-order valence-electron chi connectivity index (χ3n) is 6.31. The van der Waals surface area contributed by atoms with Crippen LogP contribution in [0.1, 0.15) is 50.5 Å². The van der Waals surface area contributed by atoms with Gasteiger partial charge in [0.2, 0.25) is 11.8 Å². The van der Waals surface area contributed by atoms with Crippen LogP contribution in [0, 0.1) is 17.6 Å². The Kier molecular flexibility index (Phi) is 7.02. The fraction of sp³-hybridized carbons (Fsp3) is 0.440. The van der Waals surface area contributed by atoms with Crippen molar-refractivity contribution < 1.29 is 23.1 Å². The van der Waals surface area contributed by atoms with Crippen LogP contribution in [-0.4, -0.2) is 29.3 Å². The number of rotatable bonds is 6. The second-order valence-corrected chi connectivity index (χ2v) is 8.54.